The first kappa shape index (κ1) is 16.0. The van der Waals surface area contributed by atoms with Crippen molar-refractivity contribution in [3.8, 4) is 22.8 Å². The Kier molecular flexibility index (Phi) is 3.96. The number of fused-ring (bicyclic) bond motifs is 1. The van der Waals surface area contributed by atoms with Crippen LogP contribution < -0.4 is 9.47 Å². The molecule has 0 bridgehead atoms. The maximum absolute atomic E-state index is 11.9. The summed E-state index contributed by atoms with van der Waals surface area (Å²) in [4.78, 5) is 27.9. The van der Waals surface area contributed by atoms with Gasteiger partial charge >= 0.3 is 11.9 Å². The molecular formula is C17H15N5O4. The molecule has 26 heavy (non-hydrogen) atoms. The topological polar surface area (TPSA) is 101 Å². The van der Waals surface area contributed by atoms with Crippen molar-refractivity contribution in [3.05, 3.63) is 42.6 Å². The van der Waals surface area contributed by atoms with Gasteiger partial charge < -0.3 is 9.47 Å². The third-order valence-electron chi connectivity index (χ3n) is 3.84. The number of carbonyl (C=O) groups is 2. The second-order valence-corrected chi connectivity index (χ2v) is 5.84. The largest absolute Gasteiger partial charge is 0.422 e. The number of pyridine rings is 1. The van der Waals surface area contributed by atoms with E-state index >= 15 is 0 Å². The maximum Gasteiger partial charge on any atom is 0.311 e. The number of aromatic nitrogens is 5. The van der Waals surface area contributed by atoms with E-state index in [0.29, 0.717) is 17.8 Å². The lowest BCUT2D eigenvalue weighted by molar-refractivity contribution is -0.142. The Morgan fingerprint density at radius 3 is 2.73 bits per heavy atom. The zero-order valence-electron chi connectivity index (χ0n) is 14.0. The zero-order valence-corrected chi connectivity index (χ0v) is 14.0. The van der Waals surface area contributed by atoms with Gasteiger partial charge in [0.15, 0.2) is 11.5 Å². The Balaban J connectivity index is 1.68. The number of hydrogen-bond donors (Lipinski definition) is 0. The smallest absolute Gasteiger partial charge is 0.311 e. The summed E-state index contributed by atoms with van der Waals surface area (Å²) >= 11 is 0. The van der Waals surface area contributed by atoms with Crippen LogP contribution in [0.25, 0.3) is 11.3 Å². The molecule has 3 aromatic heterocycles. The molecular weight excluding hydrogens is 338 g/mol. The van der Waals surface area contributed by atoms with Gasteiger partial charge in [0.2, 0.25) is 0 Å². The third-order valence-corrected chi connectivity index (χ3v) is 3.84. The first-order chi connectivity index (χ1) is 12.6. The minimum Gasteiger partial charge on any atom is -0.422 e. The number of aryl methyl sites for hydroxylation is 1. The molecule has 0 aromatic carbocycles. The van der Waals surface area contributed by atoms with Crippen LogP contribution in [0, 0.1) is 0 Å². The summed E-state index contributed by atoms with van der Waals surface area (Å²) in [5, 5.41) is 8.61. The molecule has 0 atom stereocenters. The standard InChI is InChI=1S/C17H15N5O4/c1-21-7-5-12(20-21)10-22-9-11(8-19-22)16-17-13(4-6-18-16)25-14(23)2-3-15(24)26-17/h4-9H,2-3,10H2,1H3. The highest BCUT2D eigenvalue weighted by molar-refractivity contribution is 5.85. The first-order valence-corrected chi connectivity index (χ1v) is 8.00. The summed E-state index contributed by atoms with van der Waals surface area (Å²) in [7, 11) is 1.85. The number of esters is 2. The van der Waals surface area contributed by atoms with Gasteiger partial charge in [-0.2, -0.15) is 10.2 Å². The van der Waals surface area contributed by atoms with E-state index in [4.69, 9.17) is 9.47 Å². The van der Waals surface area contributed by atoms with Gasteiger partial charge in [-0.3, -0.25) is 23.9 Å². The van der Waals surface area contributed by atoms with Crippen LogP contribution in [-0.2, 0) is 23.2 Å². The molecule has 4 rings (SSSR count). The molecule has 0 aliphatic carbocycles. The van der Waals surface area contributed by atoms with Crippen molar-refractivity contribution in [1.29, 1.82) is 0 Å². The fourth-order valence-electron chi connectivity index (χ4n) is 2.64. The maximum atomic E-state index is 11.9. The summed E-state index contributed by atoms with van der Waals surface area (Å²) in [5.41, 5.74) is 1.89. The minimum absolute atomic E-state index is 0.0159. The molecule has 132 valence electrons. The molecule has 0 fully saturated rings. The lowest BCUT2D eigenvalue weighted by Crippen LogP contribution is -2.19. The van der Waals surface area contributed by atoms with Crippen molar-refractivity contribution in [1.82, 2.24) is 24.5 Å². The SMILES string of the molecule is Cn1ccc(Cn2cc(-c3nccc4c3OC(=O)CCC(=O)O4)cn2)n1. The van der Waals surface area contributed by atoms with Crippen LogP contribution in [0.15, 0.2) is 36.9 Å². The Morgan fingerprint density at radius 1 is 1.15 bits per heavy atom. The van der Waals surface area contributed by atoms with E-state index < -0.39 is 11.9 Å². The van der Waals surface area contributed by atoms with Crippen molar-refractivity contribution < 1.29 is 19.1 Å². The molecule has 1 aliphatic rings. The van der Waals surface area contributed by atoms with Crippen LogP contribution in [0.4, 0.5) is 0 Å². The molecule has 0 radical (unpaired) electrons. The van der Waals surface area contributed by atoms with Crippen molar-refractivity contribution in [2.75, 3.05) is 0 Å². The second kappa shape index (κ2) is 6.43. The highest BCUT2D eigenvalue weighted by Gasteiger charge is 2.24. The predicted molar refractivity (Wildman–Crippen MR) is 88.3 cm³/mol. The molecule has 0 spiro atoms. The van der Waals surface area contributed by atoms with Crippen LogP contribution in [-0.4, -0.2) is 36.5 Å². The lowest BCUT2D eigenvalue weighted by Gasteiger charge is -2.15. The molecule has 0 amide bonds. The number of rotatable bonds is 3. The van der Waals surface area contributed by atoms with Gasteiger partial charge in [-0.15, -0.1) is 0 Å². The average molecular weight is 353 g/mol. The molecule has 0 saturated heterocycles. The summed E-state index contributed by atoms with van der Waals surface area (Å²) in [5.74, 6) is -0.683. The van der Waals surface area contributed by atoms with E-state index in [-0.39, 0.29) is 24.3 Å². The highest BCUT2D eigenvalue weighted by atomic mass is 16.6. The van der Waals surface area contributed by atoms with Crippen molar-refractivity contribution in [2.45, 2.75) is 19.4 Å². The molecule has 9 nitrogen and oxygen atoms in total. The van der Waals surface area contributed by atoms with Crippen LogP contribution in [0.2, 0.25) is 0 Å². The summed E-state index contributed by atoms with van der Waals surface area (Å²) in [6.45, 7) is 0.491. The van der Waals surface area contributed by atoms with Crippen LogP contribution in [0.3, 0.4) is 0 Å². The van der Waals surface area contributed by atoms with Gasteiger partial charge in [0.05, 0.1) is 31.3 Å². The Hall–Kier alpha value is -3.49. The fourth-order valence-corrected chi connectivity index (χ4v) is 2.64. The van der Waals surface area contributed by atoms with Crippen LogP contribution in [0.1, 0.15) is 18.5 Å². The molecule has 1 aliphatic heterocycles. The number of nitrogens with zero attached hydrogens (tertiary/aromatic N) is 5. The third kappa shape index (κ3) is 3.18. The van der Waals surface area contributed by atoms with Gasteiger partial charge in [0.1, 0.15) is 5.69 Å². The second-order valence-electron chi connectivity index (χ2n) is 5.84. The van der Waals surface area contributed by atoms with Crippen LogP contribution in [0.5, 0.6) is 11.5 Å². The number of hydrogen-bond acceptors (Lipinski definition) is 7. The Morgan fingerprint density at radius 2 is 1.96 bits per heavy atom. The molecule has 0 saturated carbocycles. The van der Waals surface area contributed by atoms with E-state index in [0.717, 1.165) is 5.69 Å². The zero-order chi connectivity index (χ0) is 18.1. The quantitative estimate of drug-likeness (QED) is 0.655. The van der Waals surface area contributed by atoms with E-state index in [9.17, 15) is 9.59 Å². The van der Waals surface area contributed by atoms with E-state index in [1.54, 1.807) is 21.8 Å². The van der Waals surface area contributed by atoms with Crippen molar-refractivity contribution in [3.63, 3.8) is 0 Å². The predicted octanol–water partition coefficient (Wildman–Crippen LogP) is 1.33. The minimum atomic E-state index is -0.502. The van der Waals surface area contributed by atoms with Gasteiger partial charge in [0, 0.05) is 37.3 Å². The summed E-state index contributed by atoms with van der Waals surface area (Å²) in [6, 6.07) is 3.40. The highest BCUT2D eigenvalue weighted by Crippen LogP contribution is 2.37. The average Bonchev–Trinajstić information content (AvgIpc) is 3.23. The van der Waals surface area contributed by atoms with Crippen LogP contribution >= 0.6 is 0 Å². The van der Waals surface area contributed by atoms with E-state index in [2.05, 4.69) is 15.2 Å². The molecule has 0 N–H and O–H groups in total. The monoisotopic (exact) mass is 353 g/mol. The number of carbonyl (C=O) groups excluding carboxylic acids is 2. The molecule has 9 heteroatoms. The molecule has 0 unspecified atom stereocenters. The van der Waals surface area contributed by atoms with Gasteiger partial charge in [-0.05, 0) is 6.07 Å². The van der Waals surface area contributed by atoms with E-state index in [1.165, 1.54) is 12.3 Å². The summed E-state index contributed by atoms with van der Waals surface area (Å²) in [6.07, 6.45) is 6.68. The number of ether oxygens (including phenoxy) is 2. The fraction of sp³-hybridized carbons (Fsp3) is 0.235. The summed E-state index contributed by atoms with van der Waals surface area (Å²) < 4.78 is 14.0. The van der Waals surface area contributed by atoms with Crippen molar-refractivity contribution in [2.24, 2.45) is 7.05 Å². The Bertz CT molecular complexity index is 991. The first-order valence-electron chi connectivity index (χ1n) is 8.00. The van der Waals surface area contributed by atoms with Gasteiger partial charge in [0.25, 0.3) is 0 Å². The van der Waals surface area contributed by atoms with E-state index in [1.807, 2.05) is 19.3 Å². The molecule has 3 aromatic rings. The molecule has 4 heterocycles. The normalized spacial score (nSPS) is 14.2. The van der Waals surface area contributed by atoms with Gasteiger partial charge in [-0.1, -0.05) is 0 Å². The van der Waals surface area contributed by atoms with Crippen molar-refractivity contribution >= 4 is 11.9 Å². The van der Waals surface area contributed by atoms with Gasteiger partial charge in [-0.25, -0.2) is 0 Å². The Labute approximate surface area is 148 Å². The lowest BCUT2D eigenvalue weighted by atomic mass is 10.2.